The molecule has 0 saturated carbocycles. The van der Waals surface area contributed by atoms with E-state index in [0.717, 1.165) is 42.4 Å². The topological polar surface area (TPSA) is 57.7 Å². The van der Waals surface area contributed by atoms with Gasteiger partial charge in [0.05, 0.1) is 10.6 Å². The number of rotatable bonds is 5. The number of amides is 1. The highest BCUT2D eigenvalue weighted by molar-refractivity contribution is 7.92. The second-order valence-corrected chi connectivity index (χ2v) is 9.70. The Morgan fingerprint density at radius 3 is 2.17 bits per heavy atom. The molecule has 1 aliphatic heterocycles. The molecule has 1 heterocycles. The molecule has 2 aromatic rings. The molecule has 3 rings (SSSR count). The van der Waals surface area contributed by atoms with E-state index in [0.29, 0.717) is 18.8 Å². The van der Waals surface area contributed by atoms with Gasteiger partial charge < -0.3 is 4.90 Å². The van der Waals surface area contributed by atoms with Crippen molar-refractivity contribution in [3.8, 4) is 0 Å². The molecule has 6 heteroatoms. The van der Waals surface area contributed by atoms with Crippen molar-refractivity contribution in [3.63, 3.8) is 0 Å². The molecule has 0 N–H and O–H groups in total. The van der Waals surface area contributed by atoms with E-state index in [-0.39, 0.29) is 17.3 Å². The van der Waals surface area contributed by atoms with Gasteiger partial charge in [0, 0.05) is 13.1 Å². The van der Waals surface area contributed by atoms with Gasteiger partial charge in [0.15, 0.2) is 0 Å². The van der Waals surface area contributed by atoms with Gasteiger partial charge in [0.2, 0.25) is 5.91 Å². The van der Waals surface area contributed by atoms with Crippen molar-refractivity contribution >= 4 is 21.6 Å². The van der Waals surface area contributed by atoms with Crippen LogP contribution in [0.5, 0.6) is 0 Å². The van der Waals surface area contributed by atoms with Gasteiger partial charge in [-0.05, 0) is 62.9 Å². The SMILES string of the molecule is Cc1ccc(S(=O)(=O)N(CC(=O)N2CCCCCC2)c2cccc(C)c2C)cc1. The van der Waals surface area contributed by atoms with Gasteiger partial charge in [-0.3, -0.25) is 9.10 Å². The summed E-state index contributed by atoms with van der Waals surface area (Å²) in [6.45, 7) is 6.99. The minimum atomic E-state index is -3.87. The van der Waals surface area contributed by atoms with Crippen LogP contribution in [0, 0.1) is 20.8 Å². The van der Waals surface area contributed by atoms with Gasteiger partial charge in [-0.25, -0.2) is 8.42 Å². The van der Waals surface area contributed by atoms with Crippen molar-refractivity contribution in [2.24, 2.45) is 0 Å². The quantitative estimate of drug-likeness (QED) is 0.736. The summed E-state index contributed by atoms with van der Waals surface area (Å²) >= 11 is 0. The lowest BCUT2D eigenvalue weighted by Crippen LogP contribution is -2.43. The minimum Gasteiger partial charge on any atom is -0.341 e. The summed E-state index contributed by atoms with van der Waals surface area (Å²) in [5, 5.41) is 0. The third kappa shape index (κ3) is 4.81. The summed E-state index contributed by atoms with van der Waals surface area (Å²) in [6, 6.07) is 12.4. The van der Waals surface area contributed by atoms with Crippen LogP contribution in [0.2, 0.25) is 0 Å². The molecule has 0 bridgehead atoms. The minimum absolute atomic E-state index is 0.136. The first-order valence-electron chi connectivity index (χ1n) is 10.2. The summed E-state index contributed by atoms with van der Waals surface area (Å²) in [5.41, 5.74) is 3.41. The number of nitrogens with zero attached hydrogens (tertiary/aromatic N) is 2. The molecule has 0 unspecified atom stereocenters. The number of sulfonamides is 1. The van der Waals surface area contributed by atoms with Gasteiger partial charge in [0.1, 0.15) is 6.54 Å². The Bertz CT molecular complexity index is 960. The molecule has 0 atom stereocenters. The Morgan fingerprint density at radius 1 is 0.931 bits per heavy atom. The molecule has 5 nitrogen and oxygen atoms in total. The van der Waals surface area contributed by atoms with E-state index in [1.165, 1.54) is 4.31 Å². The number of carbonyl (C=O) groups excluding carboxylic acids is 1. The molecule has 1 fully saturated rings. The molecular weight excluding hydrogens is 384 g/mol. The van der Waals surface area contributed by atoms with Gasteiger partial charge in [-0.2, -0.15) is 0 Å². The number of hydrogen-bond donors (Lipinski definition) is 0. The lowest BCUT2D eigenvalue weighted by Gasteiger charge is -2.29. The lowest BCUT2D eigenvalue weighted by atomic mass is 10.1. The van der Waals surface area contributed by atoms with Crippen LogP contribution in [0.25, 0.3) is 0 Å². The fraction of sp³-hybridized carbons (Fsp3) is 0.435. The Kier molecular flexibility index (Phi) is 6.63. The maximum atomic E-state index is 13.5. The zero-order valence-electron chi connectivity index (χ0n) is 17.5. The van der Waals surface area contributed by atoms with Crippen molar-refractivity contribution in [2.75, 3.05) is 23.9 Å². The van der Waals surface area contributed by atoms with E-state index in [9.17, 15) is 13.2 Å². The van der Waals surface area contributed by atoms with Gasteiger partial charge in [0.25, 0.3) is 10.0 Å². The van der Waals surface area contributed by atoms with Crippen molar-refractivity contribution in [3.05, 3.63) is 59.2 Å². The number of aryl methyl sites for hydroxylation is 2. The van der Waals surface area contributed by atoms with Crippen molar-refractivity contribution in [2.45, 2.75) is 51.3 Å². The average molecular weight is 415 g/mol. The lowest BCUT2D eigenvalue weighted by molar-refractivity contribution is -0.129. The van der Waals surface area contributed by atoms with Crippen LogP contribution < -0.4 is 4.31 Å². The van der Waals surface area contributed by atoms with Crippen molar-refractivity contribution in [1.29, 1.82) is 0 Å². The number of benzene rings is 2. The van der Waals surface area contributed by atoms with Crippen LogP contribution in [0.1, 0.15) is 42.4 Å². The maximum Gasteiger partial charge on any atom is 0.264 e. The summed E-state index contributed by atoms with van der Waals surface area (Å²) in [7, 11) is -3.87. The molecule has 0 aromatic heterocycles. The van der Waals surface area contributed by atoms with E-state index in [2.05, 4.69) is 0 Å². The van der Waals surface area contributed by atoms with Crippen LogP contribution in [0.4, 0.5) is 5.69 Å². The van der Waals surface area contributed by atoms with Crippen LogP contribution in [0.15, 0.2) is 47.4 Å². The predicted molar refractivity (Wildman–Crippen MR) is 117 cm³/mol. The summed E-state index contributed by atoms with van der Waals surface area (Å²) in [5.74, 6) is -0.136. The summed E-state index contributed by atoms with van der Waals surface area (Å²) in [4.78, 5) is 15.1. The second-order valence-electron chi connectivity index (χ2n) is 7.84. The monoisotopic (exact) mass is 414 g/mol. The van der Waals surface area contributed by atoms with E-state index < -0.39 is 10.0 Å². The molecular formula is C23H30N2O3S. The first-order valence-corrected chi connectivity index (χ1v) is 11.7. The molecule has 1 saturated heterocycles. The standard InChI is InChI=1S/C23H30N2O3S/c1-18-11-13-21(14-12-18)29(27,28)25(22-10-8-9-19(2)20(22)3)17-23(26)24-15-6-4-5-7-16-24/h8-14H,4-7,15-17H2,1-3H3. The highest BCUT2D eigenvalue weighted by Gasteiger charge is 2.30. The molecule has 0 spiro atoms. The molecule has 156 valence electrons. The van der Waals surface area contributed by atoms with Crippen LogP contribution in [0.3, 0.4) is 0 Å². The predicted octanol–water partition coefficient (Wildman–Crippen LogP) is 4.21. The summed E-state index contributed by atoms with van der Waals surface area (Å²) in [6.07, 6.45) is 4.18. The zero-order chi connectivity index (χ0) is 21.0. The molecule has 2 aromatic carbocycles. The molecule has 1 aliphatic rings. The fourth-order valence-electron chi connectivity index (χ4n) is 3.69. The third-order valence-corrected chi connectivity index (χ3v) is 7.47. The van der Waals surface area contributed by atoms with Crippen molar-refractivity contribution in [1.82, 2.24) is 4.90 Å². The number of carbonyl (C=O) groups is 1. The fourth-order valence-corrected chi connectivity index (χ4v) is 5.16. The summed E-state index contributed by atoms with van der Waals surface area (Å²) < 4.78 is 28.4. The first-order chi connectivity index (χ1) is 13.8. The normalized spacial score (nSPS) is 15.1. The van der Waals surface area contributed by atoms with Crippen LogP contribution >= 0.6 is 0 Å². The van der Waals surface area contributed by atoms with Crippen molar-refractivity contribution < 1.29 is 13.2 Å². The molecule has 1 amide bonds. The van der Waals surface area contributed by atoms with Gasteiger partial charge in [-0.15, -0.1) is 0 Å². The Labute approximate surface area is 174 Å². The molecule has 29 heavy (non-hydrogen) atoms. The van der Waals surface area contributed by atoms with Gasteiger partial charge >= 0.3 is 0 Å². The van der Waals surface area contributed by atoms with E-state index in [1.54, 1.807) is 30.3 Å². The number of anilines is 1. The highest BCUT2D eigenvalue weighted by atomic mass is 32.2. The zero-order valence-corrected chi connectivity index (χ0v) is 18.3. The second kappa shape index (κ2) is 8.99. The number of hydrogen-bond acceptors (Lipinski definition) is 3. The van der Waals surface area contributed by atoms with E-state index >= 15 is 0 Å². The third-order valence-electron chi connectivity index (χ3n) is 5.69. The Hall–Kier alpha value is -2.34. The smallest absolute Gasteiger partial charge is 0.264 e. The highest BCUT2D eigenvalue weighted by Crippen LogP contribution is 2.29. The average Bonchev–Trinajstić information content (AvgIpc) is 2.98. The van der Waals surface area contributed by atoms with E-state index in [4.69, 9.17) is 0 Å². The molecule has 0 radical (unpaired) electrons. The van der Waals surface area contributed by atoms with Crippen LogP contribution in [-0.2, 0) is 14.8 Å². The van der Waals surface area contributed by atoms with Crippen LogP contribution in [-0.4, -0.2) is 38.9 Å². The molecule has 0 aliphatic carbocycles. The van der Waals surface area contributed by atoms with Gasteiger partial charge in [-0.1, -0.05) is 42.7 Å². The largest absolute Gasteiger partial charge is 0.341 e. The van der Waals surface area contributed by atoms with E-state index in [1.807, 2.05) is 37.8 Å². The number of likely N-dealkylation sites (tertiary alicyclic amines) is 1. The first kappa shape index (κ1) is 21.4. The Morgan fingerprint density at radius 2 is 1.55 bits per heavy atom. The maximum absolute atomic E-state index is 13.5. The Balaban J connectivity index is 2.00.